The molecule has 0 fully saturated rings. The molecule has 18 heavy (non-hydrogen) atoms. The molecule has 3 nitrogen and oxygen atoms in total. The zero-order valence-electron chi connectivity index (χ0n) is 10.7. The first kappa shape index (κ1) is 15.0. The van der Waals surface area contributed by atoms with Crippen LogP contribution < -0.4 is 5.32 Å². The van der Waals surface area contributed by atoms with Gasteiger partial charge in [-0.2, -0.15) is 0 Å². The number of hydrogen-bond donors (Lipinski definition) is 2. The van der Waals surface area contributed by atoms with Gasteiger partial charge in [0.1, 0.15) is 0 Å². The first-order chi connectivity index (χ1) is 8.65. The molecule has 1 aromatic carbocycles. The Morgan fingerprint density at radius 1 is 1.39 bits per heavy atom. The van der Waals surface area contributed by atoms with E-state index in [1.54, 1.807) is 0 Å². The van der Waals surface area contributed by atoms with Crippen molar-refractivity contribution in [2.45, 2.75) is 38.6 Å². The lowest BCUT2D eigenvalue weighted by Crippen LogP contribution is -2.35. The van der Waals surface area contributed by atoms with Crippen molar-refractivity contribution in [1.82, 2.24) is 5.32 Å². The van der Waals surface area contributed by atoms with Crippen molar-refractivity contribution in [2.75, 3.05) is 6.61 Å². The largest absolute Gasteiger partial charge is 0.396 e. The van der Waals surface area contributed by atoms with Crippen molar-refractivity contribution in [3.05, 3.63) is 34.9 Å². The highest BCUT2D eigenvalue weighted by Gasteiger charge is 2.09. The van der Waals surface area contributed by atoms with Crippen LogP contribution in [0.2, 0.25) is 5.02 Å². The van der Waals surface area contributed by atoms with Crippen LogP contribution in [0.3, 0.4) is 0 Å². The summed E-state index contributed by atoms with van der Waals surface area (Å²) in [6.45, 7) is 2.11. The van der Waals surface area contributed by atoms with Gasteiger partial charge in [-0.25, -0.2) is 0 Å². The Labute approximate surface area is 113 Å². The van der Waals surface area contributed by atoms with E-state index < -0.39 is 0 Å². The van der Waals surface area contributed by atoms with Gasteiger partial charge in [0.25, 0.3) is 0 Å². The maximum Gasteiger partial charge on any atom is 0.220 e. The number of hydrogen-bond acceptors (Lipinski definition) is 2. The van der Waals surface area contributed by atoms with Crippen molar-refractivity contribution >= 4 is 17.5 Å². The van der Waals surface area contributed by atoms with Crippen LogP contribution in [0.5, 0.6) is 0 Å². The van der Waals surface area contributed by atoms with E-state index in [2.05, 4.69) is 5.32 Å². The summed E-state index contributed by atoms with van der Waals surface area (Å²) in [5, 5.41) is 12.5. The van der Waals surface area contributed by atoms with Crippen molar-refractivity contribution in [2.24, 2.45) is 0 Å². The minimum absolute atomic E-state index is 0.0326. The molecule has 0 aromatic heterocycles. The summed E-state index contributed by atoms with van der Waals surface area (Å²) >= 11 is 5.79. The maximum absolute atomic E-state index is 11.7. The van der Waals surface area contributed by atoms with E-state index >= 15 is 0 Å². The van der Waals surface area contributed by atoms with E-state index in [0.717, 1.165) is 12.0 Å². The minimum Gasteiger partial charge on any atom is -0.396 e. The van der Waals surface area contributed by atoms with Gasteiger partial charge in [0.15, 0.2) is 0 Å². The third-order valence-corrected chi connectivity index (χ3v) is 3.14. The third-order valence-electron chi connectivity index (χ3n) is 2.89. The molecule has 0 aliphatic rings. The molecule has 4 heteroatoms. The van der Waals surface area contributed by atoms with E-state index in [4.69, 9.17) is 16.7 Å². The van der Waals surface area contributed by atoms with Crippen LogP contribution in [0.1, 0.15) is 31.7 Å². The molecule has 0 spiro atoms. The summed E-state index contributed by atoms with van der Waals surface area (Å²) in [5.74, 6) is 0.0326. The van der Waals surface area contributed by atoms with Crippen molar-refractivity contribution in [3.8, 4) is 0 Å². The highest BCUT2D eigenvalue weighted by molar-refractivity contribution is 6.30. The van der Waals surface area contributed by atoms with Gasteiger partial charge in [-0.3, -0.25) is 4.79 Å². The van der Waals surface area contributed by atoms with Crippen molar-refractivity contribution in [3.63, 3.8) is 0 Å². The van der Waals surface area contributed by atoms with Crippen LogP contribution in [-0.4, -0.2) is 23.7 Å². The highest BCUT2D eigenvalue weighted by atomic mass is 35.5. The summed E-state index contributed by atoms with van der Waals surface area (Å²) in [6, 6.07) is 7.60. The summed E-state index contributed by atoms with van der Waals surface area (Å²) in [7, 11) is 0. The van der Waals surface area contributed by atoms with Gasteiger partial charge in [0, 0.05) is 24.1 Å². The molecule has 2 N–H and O–H groups in total. The predicted molar refractivity (Wildman–Crippen MR) is 73.7 cm³/mol. The van der Waals surface area contributed by atoms with E-state index in [1.807, 2.05) is 31.2 Å². The Morgan fingerprint density at radius 2 is 2.06 bits per heavy atom. The van der Waals surface area contributed by atoms with Gasteiger partial charge in [-0.15, -0.1) is 0 Å². The number of rotatable bonds is 7. The summed E-state index contributed by atoms with van der Waals surface area (Å²) in [6.07, 6.45) is 2.62. The minimum atomic E-state index is 0.0326. The molecular weight excluding hydrogens is 250 g/mol. The first-order valence-corrected chi connectivity index (χ1v) is 6.68. The third kappa shape index (κ3) is 5.52. The normalized spacial score (nSPS) is 12.2. The van der Waals surface area contributed by atoms with Gasteiger partial charge < -0.3 is 10.4 Å². The second-order valence-corrected chi connectivity index (χ2v) is 4.75. The summed E-state index contributed by atoms with van der Waals surface area (Å²) < 4.78 is 0. The maximum atomic E-state index is 11.7. The molecule has 0 aliphatic heterocycles. The number of aryl methyl sites for hydroxylation is 1. The van der Waals surface area contributed by atoms with Gasteiger partial charge in [-0.1, -0.05) is 30.7 Å². The van der Waals surface area contributed by atoms with Crippen LogP contribution in [0.15, 0.2) is 24.3 Å². The quantitative estimate of drug-likeness (QED) is 0.799. The molecule has 1 aromatic rings. The number of nitrogens with one attached hydrogen (secondary N) is 1. The van der Waals surface area contributed by atoms with Gasteiger partial charge in [0.2, 0.25) is 5.91 Å². The van der Waals surface area contributed by atoms with Crippen LogP contribution in [-0.2, 0) is 11.2 Å². The number of benzene rings is 1. The Hall–Kier alpha value is -1.06. The second kappa shape index (κ2) is 8.11. The number of amides is 1. The van der Waals surface area contributed by atoms with Crippen LogP contribution in [0, 0.1) is 0 Å². The fraction of sp³-hybridized carbons (Fsp3) is 0.500. The summed E-state index contributed by atoms with van der Waals surface area (Å²) in [5.41, 5.74) is 1.10. The Kier molecular flexibility index (Phi) is 6.76. The SMILES string of the molecule is CCC(CCO)NC(=O)CCc1ccc(Cl)cc1. The highest BCUT2D eigenvalue weighted by Crippen LogP contribution is 2.11. The van der Waals surface area contributed by atoms with E-state index in [-0.39, 0.29) is 18.6 Å². The van der Waals surface area contributed by atoms with Crippen LogP contribution >= 0.6 is 11.6 Å². The lowest BCUT2D eigenvalue weighted by molar-refractivity contribution is -0.121. The molecule has 0 radical (unpaired) electrons. The van der Waals surface area contributed by atoms with Crippen molar-refractivity contribution in [1.29, 1.82) is 0 Å². The van der Waals surface area contributed by atoms with Crippen LogP contribution in [0.25, 0.3) is 0 Å². The predicted octanol–water partition coefficient (Wildman–Crippen LogP) is 2.55. The Bertz CT molecular complexity index is 365. The zero-order chi connectivity index (χ0) is 13.4. The Morgan fingerprint density at radius 3 is 2.61 bits per heavy atom. The van der Waals surface area contributed by atoms with Gasteiger partial charge >= 0.3 is 0 Å². The standard InChI is InChI=1S/C14H20ClNO2/c1-2-13(9-10-17)16-14(18)8-5-11-3-6-12(15)7-4-11/h3-4,6-7,13,17H,2,5,8-10H2,1H3,(H,16,18). The lowest BCUT2D eigenvalue weighted by atomic mass is 10.1. The van der Waals surface area contributed by atoms with Gasteiger partial charge in [-0.05, 0) is 37.0 Å². The molecule has 0 heterocycles. The van der Waals surface area contributed by atoms with E-state index in [0.29, 0.717) is 24.3 Å². The summed E-state index contributed by atoms with van der Waals surface area (Å²) in [4.78, 5) is 11.7. The molecule has 0 aliphatic carbocycles. The molecule has 0 saturated heterocycles. The molecule has 0 bridgehead atoms. The number of aliphatic hydroxyl groups is 1. The van der Waals surface area contributed by atoms with Gasteiger partial charge in [0.05, 0.1) is 0 Å². The zero-order valence-corrected chi connectivity index (χ0v) is 11.4. The smallest absolute Gasteiger partial charge is 0.220 e. The molecule has 100 valence electrons. The number of aliphatic hydroxyl groups excluding tert-OH is 1. The molecule has 0 saturated carbocycles. The van der Waals surface area contributed by atoms with E-state index in [9.17, 15) is 4.79 Å². The van der Waals surface area contributed by atoms with Crippen LogP contribution in [0.4, 0.5) is 0 Å². The number of carbonyl (C=O) groups is 1. The first-order valence-electron chi connectivity index (χ1n) is 6.30. The molecule has 1 rings (SSSR count). The fourth-order valence-electron chi connectivity index (χ4n) is 1.74. The molecule has 1 atom stereocenters. The Balaban J connectivity index is 2.34. The van der Waals surface area contributed by atoms with E-state index in [1.165, 1.54) is 0 Å². The fourth-order valence-corrected chi connectivity index (χ4v) is 1.87. The average Bonchev–Trinajstić information content (AvgIpc) is 2.37. The lowest BCUT2D eigenvalue weighted by Gasteiger charge is -2.15. The topological polar surface area (TPSA) is 49.3 Å². The molecular formula is C14H20ClNO2. The van der Waals surface area contributed by atoms with Crippen molar-refractivity contribution < 1.29 is 9.90 Å². The number of carbonyl (C=O) groups excluding carboxylic acids is 1. The molecule has 1 unspecified atom stereocenters. The monoisotopic (exact) mass is 269 g/mol. The second-order valence-electron chi connectivity index (χ2n) is 4.31. The number of halogens is 1. The molecule has 1 amide bonds. The average molecular weight is 270 g/mol.